The first-order valence-electron chi connectivity index (χ1n) is 12.4. The Kier molecular flexibility index (Phi) is 9.98. The van der Waals surface area contributed by atoms with Crippen molar-refractivity contribution in [1.82, 2.24) is 19.5 Å². The van der Waals surface area contributed by atoms with Gasteiger partial charge in [-0.15, -0.1) is 0 Å². The molecule has 12 heteroatoms. The van der Waals surface area contributed by atoms with Gasteiger partial charge in [0.15, 0.2) is 12.3 Å². The summed E-state index contributed by atoms with van der Waals surface area (Å²) in [6.07, 6.45) is 6.30. The maximum absolute atomic E-state index is 13.3. The Labute approximate surface area is 226 Å². The van der Waals surface area contributed by atoms with Crippen LogP contribution in [0.5, 0.6) is 5.75 Å². The zero-order valence-electron chi connectivity index (χ0n) is 21.8. The molecule has 4 heterocycles. The Balaban J connectivity index is 0.00000195. The van der Waals surface area contributed by atoms with Crippen LogP contribution in [-0.2, 0) is 0 Å². The zero-order chi connectivity index (χ0) is 27.8. The molecule has 0 spiro atoms. The van der Waals surface area contributed by atoms with E-state index in [9.17, 15) is 14.8 Å². The van der Waals surface area contributed by atoms with E-state index in [-0.39, 0.29) is 12.0 Å². The van der Waals surface area contributed by atoms with Crippen molar-refractivity contribution in [2.45, 2.75) is 46.3 Å². The van der Waals surface area contributed by atoms with E-state index in [0.717, 1.165) is 12.6 Å². The van der Waals surface area contributed by atoms with Crippen LogP contribution in [0.15, 0.2) is 46.9 Å². The molecule has 202 valence electrons. The summed E-state index contributed by atoms with van der Waals surface area (Å²) in [6, 6.07) is 4.40. The third-order valence-electron chi connectivity index (χ3n) is 6.15. The number of aliphatic hydroxyl groups excluding tert-OH is 1. The van der Waals surface area contributed by atoms with E-state index in [1.165, 1.54) is 22.8 Å². The van der Waals surface area contributed by atoms with Gasteiger partial charge in [-0.25, -0.2) is 8.91 Å². The second kappa shape index (κ2) is 13.2. The summed E-state index contributed by atoms with van der Waals surface area (Å²) in [5.74, 6) is 5.80. The maximum Gasteiger partial charge on any atom is 0.179 e. The molecule has 0 amide bonds. The normalized spacial score (nSPS) is 18.9. The number of aliphatic hydroxyl groups is 1. The highest BCUT2D eigenvalue weighted by Gasteiger charge is 2.26. The van der Waals surface area contributed by atoms with Crippen LogP contribution in [0, 0.1) is 23.2 Å². The lowest BCUT2D eigenvalue weighted by Crippen LogP contribution is -2.39. The van der Waals surface area contributed by atoms with Crippen LogP contribution in [0.1, 0.15) is 51.5 Å². The minimum atomic E-state index is -0.880. The number of likely N-dealkylation sites (tertiary alicyclic amines) is 1. The Morgan fingerprint density at radius 2 is 2.16 bits per heavy atom. The first-order chi connectivity index (χ1) is 18.3. The lowest BCUT2D eigenvalue weighted by atomic mass is 9.94. The molecule has 0 radical (unpaired) electrons. The van der Waals surface area contributed by atoms with E-state index < -0.39 is 18.5 Å². The molecule has 3 unspecified atom stereocenters. The summed E-state index contributed by atoms with van der Waals surface area (Å²) in [5.41, 5.74) is 2.46. The van der Waals surface area contributed by atoms with Crippen molar-refractivity contribution in [3.8, 4) is 11.9 Å². The van der Waals surface area contributed by atoms with Crippen LogP contribution < -0.4 is 10.6 Å². The van der Waals surface area contributed by atoms with E-state index in [0.29, 0.717) is 52.1 Å². The monoisotopic (exact) mass is 542 g/mol. The molecule has 3 N–H and O–H groups in total. The number of nitriles is 1. The van der Waals surface area contributed by atoms with Gasteiger partial charge in [-0.3, -0.25) is 9.98 Å². The summed E-state index contributed by atoms with van der Waals surface area (Å²) in [7, 11) is 0. The molecule has 3 atom stereocenters. The standard InChI is InChI=1S/C24H26ClFN8O2.C2H6/c1-14-10-33(13-27)6-5-19(14)31-15(2)23(32-28)16-7-21(24-18(25)9-30-34(24)11-16)36-22(12-35)20-4-3-17(26)8-29-20;1-2/h3-4,7-9,11,14,19,22,35H,5-6,10,12,28H2,1-2H3;1-2H3/b31-15?,32-23+;. The first-order valence-corrected chi connectivity index (χ1v) is 12.8. The SMILES string of the molecule is CC.CC(=NC1CCN(C#N)CC1C)/C(=N\N)c1cc(OC(CO)c2ccc(F)cn2)c2c(Cl)cnn2c1. The largest absolute Gasteiger partial charge is 0.479 e. The average molecular weight is 543 g/mol. The van der Waals surface area contributed by atoms with Crippen molar-refractivity contribution in [3.05, 3.63) is 58.9 Å². The Hall–Kier alpha value is -3.75. The topological polar surface area (TPSA) is 137 Å². The minimum Gasteiger partial charge on any atom is -0.479 e. The van der Waals surface area contributed by atoms with Crippen LogP contribution in [0.25, 0.3) is 5.52 Å². The summed E-state index contributed by atoms with van der Waals surface area (Å²) in [5, 5.41) is 27.7. The second-order valence-corrected chi connectivity index (χ2v) is 9.05. The van der Waals surface area contributed by atoms with Gasteiger partial charge in [0.2, 0.25) is 0 Å². The number of hydrazone groups is 1. The number of rotatable bonds is 7. The lowest BCUT2D eigenvalue weighted by Gasteiger charge is -2.32. The van der Waals surface area contributed by atoms with Gasteiger partial charge in [0.05, 0.1) is 41.5 Å². The summed E-state index contributed by atoms with van der Waals surface area (Å²) in [6.45, 7) is 8.77. The van der Waals surface area contributed by atoms with Gasteiger partial charge in [0.1, 0.15) is 22.8 Å². The molecule has 0 bridgehead atoms. The molecule has 1 saturated heterocycles. The number of ether oxygens (including phenoxy) is 1. The fraction of sp³-hybridized carbons (Fsp3) is 0.423. The Morgan fingerprint density at radius 1 is 1.39 bits per heavy atom. The number of nitrogens with two attached hydrogens (primary N) is 1. The highest BCUT2D eigenvalue weighted by atomic mass is 35.5. The van der Waals surface area contributed by atoms with Gasteiger partial charge < -0.3 is 20.6 Å². The fourth-order valence-corrected chi connectivity index (χ4v) is 4.52. The number of pyridine rings is 2. The van der Waals surface area contributed by atoms with Gasteiger partial charge in [-0.2, -0.15) is 15.5 Å². The Bertz CT molecular complexity index is 1340. The summed E-state index contributed by atoms with van der Waals surface area (Å²) in [4.78, 5) is 10.6. The van der Waals surface area contributed by atoms with Gasteiger partial charge in [-0.05, 0) is 37.5 Å². The number of aromatic nitrogens is 3. The number of nitrogens with zero attached hydrogens (tertiary/aromatic N) is 7. The van der Waals surface area contributed by atoms with Crippen molar-refractivity contribution in [2.24, 2.45) is 21.9 Å². The fourth-order valence-electron chi connectivity index (χ4n) is 4.29. The van der Waals surface area contributed by atoms with Crippen LogP contribution in [-0.4, -0.2) is 61.8 Å². The van der Waals surface area contributed by atoms with Gasteiger partial charge >= 0.3 is 0 Å². The van der Waals surface area contributed by atoms with Crippen LogP contribution in [0.4, 0.5) is 4.39 Å². The highest BCUT2D eigenvalue weighted by Crippen LogP contribution is 2.32. The number of fused-ring (bicyclic) bond motifs is 1. The highest BCUT2D eigenvalue weighted by molar-refractivity contribution is 6.47. The third-order valence-corrected chi connectivity index (χ3v) is 6.43. The first kappa shape index (κ1) is 28.8. The molecule has 3 aromatic heterocycles. The predicted molar refractivity (Wildman–Crippen MR) is 145 cm³/mol. The second-order valence-electron chi connectivity index (χ2n) is 8.64. The van der Waals surface area contributed by atoms with Crippen molar-refractivity contribution in [2.75, 3.05) is 19.7 Å². The minimum absolute atomic E-state index is 0.0215. The number of aliphatic imine (C=N–C) groups is 1. The quantitative estimate of drug-likeness (QED) is 0.199. The third kappa shape index (κ3) is 6.38. The maximum atomic E-state index is 13.3. The number of hydrogen-bond donors (Lipinski definition) is 2. The molecule has 1 fully saturated rings. The van der Waals surface area contributed by atoms with Crippen molar-refractivity contribution in [3.63, 3.8) is 0 Å². The van der Waals surface area contributed by atoms with Crippen molar-refractivity contribution < 1.29 is 14.2 Å². The molecule has 4 rings (SSSR count). The number of halogens is 2. The molecule has 0 aliphatic carbocycles. The van der Waals surface area contributed by atoms with E-state index in [4.69, 9.17) is 27.2 Å². The molecule has 0 aromatic carbocycles. The molecule has 1 aliphatic rings. The van der Waals surface area contributed by atoms with Crippen molar-refractivity contribution >= 4 is 28.5 Å². The Morgan fingerprint density at radius 3 is 2.76 bits per heavy atom. The average Bonchev–Trinajstić information content (AvgIpc) is 3.31. The smallest absolute Gasteiger partial charge is 0.179 e. The molecule has 3 aromatic rings. The molecule has 10 nitrogen and oxygen atoms in total. The number of piperidine rings is 1. The summed E-state index contributed by atoms with van der Waals surface area (Å²) >= 11 is 6.37. The van der Waals surface area contributed by atoms with E-state index in [1.807, 2.05) is 20.8 Å². The molecular weight excluding hydrogens is 511 g/mol. The molecule has 38 heavy (non-hydrogen) atoms. The van der Waals surface area contributed by atoms with Gasteiger partial charge in [0, 0.05) is 24.8 Å². The van der Waals surface area contributed by atoms with E-state index >= 15 is 0 Å². The number of hydrogen-bond acceptors (Lipinski definition) is 9. The predicted octanol–water partition coefficient (Wildman–Crippen LogP) is 3.98. The van der Waals surface area contributed by atoms with E-state index in [2.05, 4.69) is 28.3 Å². The summed E-state index contributed by atoms with van der Waals surface area (Å²) < 4.78 is 21.0. The van der Waals surface area contributed by atoms with Crippen molar-refractivity contribution in [1.29, 1.82) is 5.26 Å². The lowest BCUT2D eigenvalue weighted by molar-refractivity contribution is 0.114. The van der Waals surface area contributed by atoms with Gasteiger partial charge in [-0.1, -0.05) is 32.4 Å². The van der Waals surface area contributed by atoms with E-state index in [1.54, 1.807) is 17.2 Å². The van der Waals surface area contributed by atoms with Gasteiger partial charge in [0.25, 0.3) is 0 Å². The molecule has 1 aliphatic heterocycles. The zero-order valence-corrected chi connectivity index (χ0v) is 22.6. The van der Waals surface area contributed by atoms with Crippen LogP contribution in [0.3, 0.4) is 0 Å². The molecular formula is C26H32ClFN8O2. The van der Waals surface area contributed by atoms with Crippen LogP contribution >= 0.6 is 11.6 Å². The molecule has 0 saturated carbocycles. The van der Waals surface area contributed by atoms with Crippen LogP contribution in [0.2, 0.25) is 5.02 Å².